The van der Waals surface area contributed by atoms with Gasteiger partial charge in [-0.05, 0) is 31.2 Å². The van der Waals surface area contributed by atoms with E-state index in [0.717, 1.165) is 9.88 Å². The zero-order valence-electron chi connectivity index (χ0n) is 10.2. The van der Waals surface area contributed by atoms with Gasteiger partial charge in [0.2, 0.25) is 0 Å². The molecule has 0 saturated heterocycles. The van der Waals surface area contributed by atoms with Gasteiger partial charge in [0.15, 0.2) is 0 Å². The average Bonchev–Trinajstić information content (AvgIpc) is 2.82. The Morgan fingerprint density at radius 2 is 2.06 bits per heavy atom. The van der Waals surface area contributed by atoms with Crippen LogP contribution >= 0.6 is 11.3 Å². The summed E-state index contributed by atoms with van der Waals surface area (Å²) in [5.41, 5.74) is 0.512. The second kappa shape index (κ2) is 5.64. The smallest absolute Gasteiger partial charge is 0.337 e. The van der Waals surface area contributed by atoms with Crippen molar-refractivity contribution in [1.82, 2.24) is 4.98 Å². The first-order chi connectivity index (χ1) is 8.69. The zero-order valence-corrected chi connectivity index (χ0v) is 11.0. The summed E-state index contributed by atoms with van der Waals surface area (Å²) >= 11 is 1.61. The topological polar surface area (TPSA) is 48.4 Å². The monoisotopic (exact) mass is 263 g/mol. The average molecular weight is 263 g/mol. The Morgan fingerprint density at radius 1 is 1.33 bits per heavy atom. The quantitative estimate of drug-likeness (QED) is 0.796. The predicted octanol–water partition coefficient (Wildman–Crippen LogP) is 2.82. The summed E-state index contributed by atoms with van der Waals surface area (Å²) in [7, 11) is 1.36. The molecule has 0 unspecified atom stereocenters. The van der Waals surface area contributed by atoms with Gasteiger partial charge < -0.3 is 9.47 Å². The lowest BCUT2D eigenvalue weighted by molar-refractivity contribution is 0.0600. The van der Waals surface area contributed by atoms with Crippen molar-refractivity contribution in [1.29, 1.82) is 0 Å². The first kappa shape index (κ1) is 12.6. The van der Waals surface area contributed by atoms with E-state index in [1.807, 2.05) is 13.1 Å². The van der Waals surface area contributed by atoms with Gasteiger partial charge in [-0.15, -0.1) is 11.3 Å². The molecule has 0 aliphatic rings. The molecule has 0 radical (unpaired) electrons. The van der Waals surface area contributed by atoms with Crippen LogP contribution in [-0.2, 0) is 11.3 Å². The van der Waals surface area contributed by atoms with Gasteiger partial charge in [0, 0.05) is 6.20 Å². The first-order valence-electron chi connectivity index (χ1n) is 5.41. The molecule has 0 fully saturated rings. The number of rotatable bonds is 4. The van der Waals surface area contributed by atoms with Crippen molar-refractivity contribution >= 4 is 17.3 Å². The van der Waals surface area contributed by atoms with E-state index < -0.39 is 0 Å². The summed E-state index contributed by atoms with van der Waals surface area (Å²) in [5, 5.41) is 1.02. The lowest BCUT2D eigenvalue weighted by Crippen LogP contribution is -2.00. The second-order valence-electron chi connectivity index (χ2n) is 3.65. The Morgan fingerprint density at radius 3 is 2.61 bits per heavy atom. The number of carbonyl (C=O) groups is 1. The Balaban J connectivity index is 1.96. The van der Waals surface area contributed by atoms with E-state index in [1.54, 1.807) is 35.6 Å². The van der Waals surface area contributed by atoms with Crippen LogP contribution in [-0.4, -0.2) is 18.1 Å². The van der Waals surface area contributed by atoms with E-state index >= 15 is 0 Å². The lowest BCUT2D eigenvalue weighted by Gasteiger charge is -2.05. The minimum absolute atomic E-state index is 0.348. The number of thiazole rings is 1. The van der Waals surface area contributed by atoms with E-state index in [-0.39, 0.29) is 5.97 Å². The number of aromatic nitrogens is 1. The SMILES string of the molecule is COC(=O)c1ccc(OCc2cnc(C)s2)cc1. The number of carbonyl (C=O) groups excluding carboxylic acids is 1. The second-order valence-corrected chi connectivity index (χ2v) is 4.97. The number of aryl methyl sites for hydroxylation is 1. The number of hydrogen-bond donors (Lipinski definition) is 0. The van der Waals surface area contributed by atoms with Crippen molar-refractivity contribution in [3.8, 4) is 5.75 Å². The van der Waals surface area contributed by atoms with Crippen LogP contribution in [0.2, 0.25) is 0 Å². The van der Waals surface area contributed by atoms with Gasteiger partial charge in [0.05, 0.1) is 22.6 Å². The molecule has 5 heteroatoms. The molecular formula is C13H13NO3S. The molecule has 0 saturated carbocycles. The highest BCUT2D eigenvalue weighted by atomic mass is 32.1. The van der Waals surface area contributed by atoms with Gasteiger partial charge >= 0.3 is 5.97 Å². The summed E-state index contributed by atoms with van der Waals surface area (Å²) in [6.07, 6.45) is 1.81. The fourth-order valence-electron chi connectivity index (χ4n) is 1.43. The molecule has 94 valence electrons. The van der Waals surface area contributed by atoms with Crippen molar-refractivity contribution in [2.75, 3.05) is 7.11 Å². The fraction of sp³-hybridized carbons (Fsp3) is 0.231. The third kappa shape index (κ3) is 3.07. The van der Waals surface area contributed by atoms with Gasteiger partial charge in [-0.2, -0.15) is 0 Å². The molecule has 0 aliphatic carbocycles. The van der Waals surface area contributed by atoms with Gasteiger partial charge in [-0.25, -0.2) is 9.78 Å². The van der Waals surface area contributed by atoms with Crippen LogP contribution in [0.1, 0.15) is 20.2 Å². The van der Waals surface area contributed by atoms with E-state index in [2.05, 4.69) is 9.72 Å². The highest BCUT2D eigenvalue weighted by Crippen LogP contribution is 2.17. The number of benzene rings is 1. The molecule has 0 spiro atoms. The van der Waals surface area contributed by atoms with E-state index in [4.69, 9.17) is 4.74 Å². The minimum Gasteiger partial charge on any atom is -0.488 e. The van der Waals surface area contributed by atoms with Crippen LogP contribution in [0, 0.1) is 6.92 Å². The highest BCUT2D eigenvalue weighted by molar-refractivity contribution is 7.11. The summed E-state index contributed by atoms with van der Waals surface area (Å²) in [6, 6.07) is 6.86. The molecular weight excluding hydrogens is 250 g/mol. The molecule has 2 aromatic rings. The molecule has 0 N–H and O–H groups in total. The third-order valence-corrected chi connectivity index (χ3v) is 3.21. The molecule has 0 aliphatic heterocycles. The molecule has 1 aromatic carbocycles. The third-order valence-electron chi connectivity index (χ3n) is 2.33. The molecule has 4 nitrogen and oxygen atoms in total. The maximum Gasteiger partial charge on any atom is 0.337 e. The Labute approximate surface area is 109 Å². The van der Waals surface area contributed by atoms with E-state index in [1.165, 1.54) is 7.11 Å². The minimum atomic E-state index is -0.348. The summed E-state index contributed by atoms with van der Waals surface area (Å²) < 4.78 is 10.2. The van der Waals surface area contributed by atoms with Crippen molar-refractivity contribution in [3.63, 3.8) is 0 Å². The molecule has 1 aromatic heterocycles. The van der Waals surface area contributed by atoms with Gasteiger partial charge in [-0.1, -0.05) is 0 Å². The standard InChI is InChI=1S/C13H13NO3S/c1-9-14-7-12(18-9)8-17-11-5-3-10(4-6-11)13(15)16-2/h3-7H,8H2,1-2H3. The van der Waals surface area contributed by atoms with Crippen molar-refractivity contribution in [3.05, 3.63) is 45.9 Å². The summed E-state index contributed by atoms with van der Waals surface area (Å²) in [4.78, 5) is 16.5. The van der Waals surface area contributed by atoms with Crippen LogP contribution in [0.3, 0.4) is 0 Å². The Hall–Kier alpha value is -1.88. The molecule has 18 heavy (non-hydrogen) atoms. The van der Waals surface area contributed by atoms with Gasteiger partial charge in [0.25, 0.3) is 0 Å². The maximum absolute atomic E-state index is 11.2. The van der Waals surface area contributed by atoms with Crippen LogP contribution < -0.4 is 4.74 Å². The molecule has 1 heterocycles. The van der Waals surface area contributed by atoms with E-state index in [0.29, 0.717) is 17.9 Å². The van der Waals surface area contributed by atoms with Gasteiger partial charge in [-0.3, -0.25) is 0 Å². The fourth-order valence-corrected chi connectivity index (χ4v) is 2.14. The van der Waals surface area contributed by atoms with Crippen molar-refractivity contribution in [2.45, 2.75) is 13.5 Å². The first-order valence-corrected chi connectivity index (χ1v) is 6.23. The van der Waals surface area contributed by atoms with Gasteiger partial charge in [0.1, 0.15) is 12.4 Å². The zero-order chi connectivity index (χ0) is 13.0. The number of esters is 1. The van der Waals surface area contributed by atoms with Crippen LogP contribution in [0.15, 0.2) is 30.5 Å². The Kier molecular flexibility index (Phi) is 3.94. The number of methoxy groups -OCH3 is 1. The number of nitrogens with zero attached hydrogens (tertiary/aromatic N) is 1. The number of hydrogen-bond acceptors (Lipinski definition) is 5. The summed E-state index contributed by atoms with van der Waals surface area (Å²) in [6.45, 7) is 2.45. The largest absolute Gasteiger partial charge is 0.488 e. The number of ether oxygens (including phenoxy) is 2. The van der Waals surface area contributed by atoms with E-state index in [9.17, 15) is 4.79 Å². The summed E-state index contributed by atoms with van der Waals surface area (Å²) in [5.74, 6) is 0.369. The Bertz CT molecular complexity index is 533. The molecule has 0 bridgehead atoms. The van der Waals surface area contributed by atoms with Crippen LogP contribution in [0.25, 0.3) is 0 Å². The maximum atomic E-state index is 11.2. The molecule has 0 atom stereocenters. The van der Waals surface area contributed by atoms with Crippen LogP contribution in [0.4, 0.5) is 0 Å². The molecule has 2 rings (SSSR count). The highest BCUT2D eigenvalue weighted by Gasteiger charge is 2.05. The molecule has 0 amide bonds. The van der Waals surface area contributed by atoms with Crippen molar-refractivity contribution in [2.24, 2.45) is 0 Å². The normalized spacial score (nSPS) is 10.1. The van der Waals surface area contributed by atoms with Crippen LogP contribution in [0.5, 0.6) is 5.75 Å². The van der Waals surface area contributed by atoms with Crippen molar-refractivity contribution < 1.29 is 14.3 Å². The predicted molar refractivity (Wildman–Crippen MR) is 69.0 cm³/mol. The lowest BCUT2D eigenvalue weighted by atomic mass is 10.2.